The highest BCUT2D eigenvalue weighted by molar-refractivity contribution is 6.07. The number of nitrogens with zero attached hydrogens (tertiary/aromatic N) is 6. The van der Waals surface area contributed by atoms with Crippen molar-refractivity contribution in [1.29, 1.82) is 0 Å². The predicted molar refractivity (Wildman–Crippen MR) is 161 cm³/mol. The predicted octanol–water partition coefficient (Wildman–Crippen LogP) is 7.60. The minimum atomic E-state index is 0.00429. The number of hydrogen-bond donors (Lipinski definition) is 0. The SMILES string of the molecule is CN1CN(c2ccnc(Oc3cnc4c5ccccc5n(-c5cc(C(C)(C)C)ccn5)c4c3)c2)c2ccccc21. The van der Waals surface area contributed by atoms with E-state index in [1.54, 1.807) is 12.4 Å². The van der Waals surface area contributed by atoms with Gasteiger partial charge in [-0.15, -0.1) is 0 Å². The molecule has 0 saturated carbocycles. The molecule has 7 rings (SSSR count). The van der Waals surface area contributed by atoms with Gasteiger partial charge in [0.25, 0.3) is 0 Å². The van der Waals surface area contributed by atoms with E-state index in [1.807, 2.05) is 36.5 Å². The molecule has 40 heavy (non-hydrogen) atoms. The number of aromatic nitrogens is 4. The number of fused-ring (bicyclic) bond motifs is 4. The van der Waals surface area contributed by atoms with Gasteiger partial charge in [-0.1, -0.05) is 51.1 Å². The molecule has 198 valence electrons. The minimum absolute atomic E-state index is 0.00429. The Hall–Kier alpha value is -4.91. The van der Waals surface area contributed by atoms with E-state index in [0.717, 1.165) is 40.1 Å². The molecule has 2 aromatic carbocycles. The third-order valence-electron chi connectivity index (χ3n) is 7.51. The summed E-state index contributed by atoms with van der Waals surface area (Å²) in [5, 5.41) is 1.07. The first-order valence-corrected chi connectivity index (χ1v) is 13.4. The van der Waals surface area contributed by atoms with Gasteiger partial charge < -0.3 is 14.5 Å². The van der Waals surface area contributed by atoms with Crippen LogP contribution in [0.25, 0.3) is 27.8 Å². The summed E-state index contributed by atoms with van der Waals surface area (Å²) in [7, 11) is 2.10. The Morgan fingerprint density at radius 3 is 2.40 bits per heavy atom. The molecular formula is C33H30N6O. The topological polar surface area (TPSA) is 59.3 Å². The number of ether oxygens (including phenoxy) is 1. The van der Waals surface area contributed by atoms with Gasteiger partial charge in [0, 0.05) is 42.6 Å². The Labute approximate surface area is 233 Å². The fourth-order valence-electron chi connectivity index (χ4n) is 5.46. The van der Waals surface area contributed by atoms with Gasteiger partial charge >= 0.3 is 0 Å². The molecule has 1 aliphatic heterocycles. The molecular weight excluding hydrogens is 496 g/mol. The average molecular weight is 527 g/mol. The summed E-state index contributed by atoms with van der Waals surface area (Å²) < 4.78 is 8.49. The van der Waals surface area contributed by atoms with Gasteiger partial charge in [0.05, 0.1) is 40.8 Å². The molecule has 0 N–H and O–H groups in total. The Morgan fingerprint density at radius 2 is 1.55 bits per heavy atom. The van der Waals surface area contributed by atoms with Crippen LogP contribution in [0.3, 0.4) is 0 Å². The van der Waals surface area contributed by atoms with E-state index in [0.29, 0.717) is 11.6 Å². The fourth-order valence-corrected chi connectivity index (χ4v) is 5.46. The van der Waals surface area contributed by atoms with Crippen LogP contribution < -0.4 is 14.5 Å². The molecule has 0 bridgehead atoms. The molecule has 0 spiro atoms. The van der Waals surface area contributed by atoms with Crippen LogP contribution in [0, 0.1) is 0 Å². The maximum Gasteiger partial charge on any atom is 0.221 e. The van der Waals surface area contributed by atoms with Crippen LogP contribution in [0.4, 0.5) is 17.1 Å². The van der Waals surface area contributed by atoms with Gasteiger partial charge in [-0.25, -0.2) is 9.97 Å². The van der Waals surface area contributed by atoms with Crippen molar-refractivity contribution in [2.45, 2.75) is 26.2 Å². The van der Waals surface area contributed by atoms with Crippen molar-refractivity contribution in [3.8, 4) is 17.4 Å². The molecule has 0 radical (unpaired) electrons. The van der Waals surface area contributed by atoms with Gasteiger partial charge in [0.2, 0.25) is 5.88 Å². The Kier molecular flexibility index (Phi) is 5.49. The molecule has 7 heteroatoms. The highest BCUT2D eigenvalue weighted by Gasteiger charge is 2.24. The van der Waals surface area contributed by atoms with Crippen LogP contribution in [0.1, 0.15) is 26.3 Å². The summed E-state index contributed by atoms with van der Waals surface area (Å²) in [5.74, 6) is 1.99. The van der Waals surface area contributed by atoms with E-state index in [2.05, 4.69) is 95.7 Å². The van der Waals surface area contributed by atoms with E-state index in [4.69, 9.17) is 14.7 Å². The molecule has 0 fully saturated rings. The number of para-hydroxylation sites is 3. The largest absolute Gasteiger partial charge is 0.437 e. The zero-order chi connectivity index (χ0) is 27.4. The van der Waals surface area contributed by atoms with Gasteiger partial charge in [0.1, 0.15) is 11.6 Å². The lowest BCUT2D eigenvalue weighted by Gasteiger charge is -2.20. The Balaban J connectivity index is 1.29. The van der Waals surface area contributed by atoms with Crippen molar-refractivity contribution in [3.05, 3.63) is 103 Å². The van der Waals surface area contributed by atoms with Crippen molar-refractivity contribution >= 4 is 39.0 Å². The zero-order valence-electron chi connectivity index (χ0n) is 23.0. The van der Waals surface area contributed by atoms with Crippen LogP contribution in [-0.2, 0) is 5.41 Å². The number of hydrogen-bond acceptors (Lipinski definition) is 6. The maximum atomic E-state index is 6.32. The van der Waals surface area contributed by atoms with E-state index in [1.165, 1.54) is 16.9 Å². The molecule has 0 aliphatic carbocycles. The lowest BCUT2D eigenvalue weighted by atomic mass is 9.88. The van der Waals surface area contributed by atoms with Crippen molar-refractivity contribution < 1.29 is 4.74 Å². The second-order valence-electron chi connectivity index (χ2n) is 11.3. The lowest BCUT2D eigenvalue weighted by molar-refractivity contribution is 0.462. The number of pyridine rings is 3. The molecule has 0 saturated heterocycles. The molecule has 0 atom stereocenters. The third-order valence-corrected chi connectivity index (χ3v) is 7.51. The first-order chi connectivity index (χ1) is 19.4. The normalized spacial score (nSPS) is 13.3. The highest BCUT2D eigenvalue weighted by atomic mass is 16.5. The fraction of sp³-hybridized carbons (Fsp3) is 0.182. The van der Waals surface area contributed by atoms with E-state index < -0.39 is 0 Å². The number of rotatable bonds is 4. The smallest absolute Gasteiger partial charge is 0.221 e. The Morgan fingerprint density at radius 1 is 0.775 bits per heavy atom. The number of anilines is 3. The quantitative estimate of drug-likeness (QED) is 0.236. The summed E-state index contributed by atoms with van der Waals surface area (Å²) in [6.45, 7) is 7.40. The molecule has 5 heterocycles. The van der Waals surface area contributed by atoms with Gasteiger partial charge in [-0.3, -0.25) is 9.55 Å². The third kappa shape index (κ3) is 4.02. The summed E-state index contributed by atoms with van der Waals surface area (Å²) >= 11 is 0. The van der Waals surface area contributed by atoms with Crippen LogP contribution in [-0.4, -0.2) is 33.2 Å². The molecule has 0 amide bonds. The highest BCUT2D eigenvalue weighted by Crippen LogP contribution is 2.40. The molecule has 4 aromatic heterocycles. The van der Waals surface area contributed by atoms with E-state index in [-0.39, 0.29) is 5.41 Å². The van der Waals surface area contributed by atoms with Crippen molar-refractivity contribution in [2.24, 2.45) is 0 Å². The Bertz CT molecular complexity index is 1890. The van der Waals surface area contributed by atoms with Crippen LogP contribution in [0.15, 0.2) is 97.5 Å². The summed E-state index contributed by atoms with van der Waals surface area (Å²) in [6, 6.07) is 27.0. The molecule has 0 unspecified atom stereocenters. The monoisotopic (exact) mass is 526 g/mol. The standard InChI is InChI=1S/C33H30N6O/c1-33(2,3)22-13-15-34-30(17-22)39-26-10-6-5-9-25(26)32-29(39)19-24(20-36-32)40-31-18-23(14-16-35-31)38-21-37(4)27-11-7-8-12-28(27)38/h5-20H,21H2,1-4H3. The molecule has 7 nitrogen and oxygen atoms in total. The first kappa shape index (κ1) is 24.2. The first-order valence-electron chi connectivity index (χ1n) is 13.4. The molecule has 1 aliphatic rings. The van der Waals surface area contributed by atoms with Crippen molar-refractivity contribution in [1.82, 2.24) is 19.5 Å². The minimum Gasteiger partial charge on any atom is -0.437 e. The van der Waals surface area contributed by atoms with Crippen molar-refractivity contribution in [3.63, 3.8) is 0 Å². The van der Waals surface area contributed by atoms with Crippen molar-refractivity contribution in [2.75, 3.05) is 23.5 Å². The van der Waals surface area contributed by atoms with Crippen LogP contribution in [0.5, 0.6) is 11.6 Å². The maximum absolute atomic E-state index is 6.32. The number of benzene rings is 2. The zero-order valence-corrected chi connectivity index (χ0v) is 23.0. The van der Waals surface area contributed by atoms with E-state index in [9.17, 15) is 0 Å². The summed E-state index contributed by atoms with van der Waals surface area (Å²) in [5.41, 5.74) is 7.51. The second-order valence-corrected chi connectivity index (χ2v) is 11.3. The summed E-state index contributed by atoms with van der Waals surface area (Å²) in [4.78, 5) is 18.6. The van der Waals surface area contributed by atoms with Crippen LogP contribution >= 0.6 is 0 Å². The van der Waals surface area contributed by atoms with Gasteiger partial charge in [0.15, 0.2) is 0 Å². The second kappa shape index (κ2) is 9.09. The summed E-state index contributed by atoms with van der Waals surface area (Å²) in [6.07, 6.45) is 5.44. The molecule has 6 aromatic rings. The van der Waals surface area contributed by atoms with Gasteiger partial charge in [-0.2, -0.15) is 0 Å². The van der Waals surface area contributed by atoms with Gasteiger partial charge in [-0.05, 0) is 47.4 Å². The van der Waals surface area contributed by atoms with Crippen LogP contribution in [0.2, 0.25) is 0 Å². The lowest BCUT2D eigenvalue weighted by Crippen LogP contribution is -2.23. The van der Waals surface area contributed by atoms with E-state index >= 15 is 0 Å². The average Bonchev–Trinajstić information content (AvgIpc) is 3.47.